The second-order valence-corrected chi connectivity index (χ2v) is 7.34. The van der Waals surface area contributed by atoms with Crippen molar-refractivity contribution >= 4 is 51.3 Å². The summed E-state index contributed by atoms with van der Waals surface area (Å²) < 4.78 is 13.9. The maximum Gasteiger partial charge on any atom is 0.231 e. The van der Waals surface area contributed by atoms with Gasteiger partial charge in [-0.05, 0) is 34.7 Å². The van der Waals surface area contributed by atoms with E-state index >= 15 is 0 Å². The molecule has 25 heavy (non-hydrogen) atoms. The van der Waals surface area contributed by atoms with Gasteiger partial charge in [0.1, 0.15) is 6.33 Å². The predicted octanol–water partition coefficient (Wildman–Crippen LogP) is 1.36. The number of fused-ring (bicyclic) bond motifs is 2. The zero-order chi connectivity index (χ0) is 17.4. The summed E-state index contributed by atoms with van der Waals surface area (Å²) in [5, 5.41) is 0.759. The quantitative estimate of drug-likeness (QED) is 0.287. The number of halogens is 1. The minimum atomic E-state index is 0.242. The Hall–Kier alpha value is -1.83. The van der Waals surface area contributed by atoms with Crippen molar-refractivity contribution in [1.29, 1.82) is 0 Å². The van der Waals surface area contributed by atoms with Gasteiger partial charge in [0.2, 0.25) is 6.79 Å². The number of nitrogen functional groups attached to an aromatic ring is 1. The minimum absolute atomic E-state index is 0.242. The topological polar surface area (TPSA) is 126 Å². The smallest absolute Gasteiger partial charge is 0.231 e. The lowest BCUT2D eigenvalue weighted by Crippen LogP contribution is -2.26. The third-order valence-electron chi connectivity index (χ3n) is 3.63. The predicted molar refractivity (Wildman–Crippen MR) is 101 cm³/mol. The molecule has 3 heterocycles. The van der Waals surface area contributed by atoms with Gasteiger partial charge in [0.05, 0.1) is 0 Å². The zero-order valence-electron chi connectivity index (χ0n) is 12.9. The summed E-state index contributed by atoms with van der Waals surface area (Å²) in [4.78, 5) is 14.0. The molecule has 4 rings (SSSR count). The average molecular weight is 471 g/mol. The van der Waals surface area contributed by atoms with Crippen LogP contribution in [0.4, 0.5) is 5.82 Å². The number of anilines is 1. The molecule has 1 aromatic carbocycles. The Kier molecular flexibility index (Phi) is 4.54. The van der Waals surface area contributed by atoms with Crippen LogP contribution in [0.2, 0.25) is 0 Å². The largest absolute Gasteiger partial charge is 0.454 e. The number of hydrogen-bond donors (Lipinski definition) is 3. The van der Waals surface area contributed by atoms with Crippen LogP contribution in [0.25, 0.3) is 11.2 Å². The Balaban J connectivity index is 1.77. The lowest BCUT2D eigenvalue weighted by atomic mass is 10.3. The normalized spacial score (nSPS) is 12.9. The molecule has 0 aliphatic carbocycles. The van der Waals surface area contributed by atoms with Crippen LogP contribution < -0.4 is 26.5 Å². The first-order valence-electron chi connectivity index (χ1n) is 7.34. The Morgan fingerprint density at radius 1 is 1.28 bits per heavy atom. The first kappa shape index (κ1) is 16.6. The average Bonchev–Trinajstić information content (AvgIpc) is 3.18. The standard InChI is InChI=1S/C14H14IN7O2S/c15-7-3-8-9(24-6-23-8)4-10(7)25-14-21-11-12(16)18-5-19-13(11)22(14)2-1-20-17/h3-5,20H,1-2,6,17H2,(H2,16,18,19). The second kappa shape index (κ2) is 6.82. The van der Waals surface area contributed by atoms with E-state index in [-0.39, 0.29) is 6.79 Å². The van der Waals surface area contributed by atoms with Gasteiger partial charge in [0, 0.05) is 21.6 Å². The van der Waals surface area contributed by atoms with E-state index in [2.05, 4.69) is 43.0 Å². The van der Waals surface area contributed by atoms with Gasteiger partial charge in [0.15, 0.2) is 33.6 Å². The van der Waals surface area contributed by atoms with Crippen LogP contribution in [0.15, 0.2) is 28.5 Å². The molecular formula is C14H14IN7O2S. The summed E-state index contributed by atoms with van der Waals surface area (Å²) in [6.07, 6.45) is 1.44. The monoisotopic (exact) mass is 471 g/mol. The highest BCUT2D eigenvalue weighted by atomic mass is 127. The molecule has 0 unspecified atom stereocenters. The number of imidazole rings is 1. The molecule has 0 saturated heterocycles. The molecule has 0 bridgehead atoms. The fraction of sp³-hybridized carbons (Fsp3) is 0.214. The van der Waals surface area contributed by atoms with E-state index in [1.165, 1.54) is 18.1 Å². The summed E-state index contributed by atoms with van der Waals surface area (Å²) in [5.74, 6) is 7.27. The number of rotatable bonds is 5. The van der Waals surface area contributed by atoms with Crippen molar-refractivity contribution in [2.45, 2.75) is 16.6 Å². The molecule has 0 atom stereocenters. The van der Waals surface area contributed by atoms with E-state index in [0.29, 0.717) is 30.1 Å². The summed E-state index contributed by atoms with van der Waals surface area (Å²) in [5.41, 5.74) is 9.86. The summed E-state index contributed by atoms with van der Waals surface area (Å²) in [6, 6.07) is 3.91. The van der Waals surface area contributed by atoms with E-state index in [1.54, 1.807) is 0 Å². The van der Waals surface area contributed by atoms with Crippen molar-refractivity contribution in [2.75, 3.05) is 19.1 Å². The second-order valence-electron chi connectivity index (χ2n) is 5.17. The van der Waals surface area contributed by atoms with Crippen LogP contribution in [-0.4, -0.2) is 32.9 Å². The lowest BCUT2D eigenvalue weighted by molar-refractivity contribution is 0.174. The van der Waals surface area contributed by atoms with Gasteiger partial charge >= 0.3 is 0 Å². The third-order valence-corrected chi connectivity index (χ3v) is 5.94. The van der Waals surface area contributed by atoms with Crippen molar-refractivity contribution in [3.05, 3.63) is 22.0 Å². The number of nitrogens with two attached hydrogens (primary N) is 2. The van der Waals surface area contributed by atoms with Gasteiger partial charge in [-0.3, -0.25) is 11.3 Å². The van der Waals surface area contributed by atoms with Crippen LogP contribution in [-0.2, 0) is 6.54 Å². The number of hydrogen-bond acceptors (Lipinski definition) is 9. The molecule has 1 aliphatic rings. The first-order valence-corrected chi connectivity index (χ1v) is 9.24. The van der Waals surface area contributed by atoms with Crippen LogP contribution >= 0.6 is 34.4 Å². The molecule has 2 aromatic heterocycles. The van der Waals surface area contributed by atoms with Gasteiger partial charge in [-0.15, -0.1) is 0 Å². The molecule has 0 fully saturated rings. The molecule has 1 aliphatic heterocycles. The number of nitrogens with zero attached hydrogens (tertiary/aromatic N) is 4. The van der Waals surface area contributed by atoms with Crippen molar-refractivity contribution in [3.8, 4) is 11.5 Å². The SMILES string of the molecule is NNCCn1c(Sc2cc3c(cc2I)OCO3)nc2c(N)ncnc21. The van der Waals surface area contributed by atoms with Crippen LogP contribution in [0, 0.1) is 3.57 Å². The highest BCUT2D eigenvalue weighted by molar-refractivity contribution is 14.1. The van der Waals surface area contributed by atoms with Crippen LogP contribution in [0.5, 0.6) is 11.5 Å². The fourth-order valence-corrected chi connectivity index (χ4v) is 4.18. The maximum absolute atomic E-state index is 5.95. The van der Waals surface area contributed by atoms with Crippen molar-refractivity contribution in [3.63, 3.8) is 0 Å². The summed E-state index contributed by atoms with van der Waals surface area (Å²) >= 11 is 3.78. The molecule has 9 nitrogen and oxygen atoms in total. The van der Waals surface area contributed by atoms with Crippen molar-refractivity contribution in [1.82, 2.24) is 24.9 Å². The summed E-state index contributed by atoms with van der Waals surface area (Å²) in [7, 11) is 0. The molecule has 0 amide bonds. The van der Waals surface area contributed by atoms with Gasteiger partial charge in [-0.25, -0.2) is 15.0 Å². The third kappa shape index (κ3) is 3.07. The Morgan fingerprint density at radius 2 is 2.08 bits per heavy atom. The zero-order valence-corrected chi connectivity index (χ0v) is 15.9. The van der Waals surface area contributed by atoms with Crippen LogP contribution in [0.3, 0.4) is 0 Å². The molecule has 130 valence electrons. The van der Waals surface area contributed by atoms with Crippen LogP contribution in [0.1, 0.15) is 0 Å². The maximum atomic E-state index is 5.95. The minimum Gasteiger partial charge on any atom is -0.454 e. The number of aromatic nitrogens is 4. The van der Waals surface area contributed by atoms with Gasteiger partial charge in [0.25, 0.3) is 0 Å². The van der Waals surface area contributed by atoms with Gasteiger partial charge in [-0.1, -0.05) is 11.8 Å². The molecule has 0 spiro atoms. The van der Waals surface area contributed by atoms with E-state index in [0.717, 1.165) is 25.1 Å². The van der Waals surface area contributed by atoms with Crippen molar-refractivity contribution in [2.24, 2.45) is 5.84 Å². The molecule has 3 aromatic rings. The number of hydrazine groups is 1. The first-order chi connectivity index (χ1) is 12.2. The molecular weight excluding hydrogens is 457 g/mol. The highest BCUT2D eigenvalue weighted by Crippen LogP contribution is 2.41. The Labute approximate surface area is 160 Å². The highest BCUT2D eigenvalue weighted by Gasteiger charge is 2.20. The van der Waals surface area contributed by atoms with Gasteiger partial charge < -0.3 is 19.8 Å². The number of nitrogens with one attached hydrogen (secondary N) is 1. The fourth-order valence-electron chi connectivity index (χ4n) is 2.46. The molecule has 5 N–H and O–H groups in total. The Bertz CT molecular complexity index is 949. The van der Waals surface area contributed by atoms with E-state index in [4.69, 9.17) is 21.1 Å². The summed E-state index contributed by atoms with van der Waals surface area (Å²) in [6.45, 7) is 1.42. The van der Waals surface area contributed by atoms with E-state index < -0.39 is 0 Å². The lowest BCUT2D eigenvalue weighted by Gasteiger charge is -2.09. The van der Waals surface area contributed by atoms with E-state index in [9.17, 15) is 0 Å². The van der Waals surface area contributed by atoms with E-state index in [1.807, 2.05) is 16.7 Å². The molecule has 0 radical (unpaired) electrons. The molecule has 11 heteroatoms. The number of benzene rings is 1. The Morgan fingerprint density at radius 3 is 2.88 bits per heavy atom. The van der Waals surface area contributed by atoms with Crippen molar-refractivity contribution < 1.29 is 9.47 Å². The number of ether oxygens (including phenoxy) is 2. The van der Waals surface area contributed by atoms with Gasteiger partial charge in [-0.2, -0.15) is 0 Å². The molecule has 0 saturated carbocycles.